The molecule has 0 spiro atoms. The van der Waals surface area contributed by atoms with Gasteiger partial charge in [0, 0.05) is 34.1 Å². The van der Waals surface area contributed by atoms with E-state index >= 15 is 0 Å². The van der Waals surface area contributed by atoms with Crippen LogP contribution in [0.15, 0.2) is 206 Å². The predicted molar refractivity (Wildman–Crippen MR) is 279 cm³/mol. The maximum Gasteiger partial charge on any atom is 0.242 e. The number of nitrogens with zero attached hydrogens (tertiary/aromatic N) is 1. The minimum Gasteiger partial charge on any atom is -0.456 e. The van der Waals surface area contributed by atoms with Crippen LogP contribution in [-0.2, 0) is 0 Å². The summed E-state index contributed by atoms with van der Waals surface area (Å²) in [7, 11) is 0. The van der Waals surface area contributed by atoms with Crippen LogP contribution < -0.4 is 26.0 Å². The summed E-state index contributed by atoms with van der Waals surface area (Å²) in [4.78, 5) is 2.29. The molecule has 2 nitrogen and oxygen atoms in total. The van der Waals surface area contributed by atoms with Crippen LogP contribution in [0.2, 0.25) is 0 Å². The topological polar surface area (TPSA) is 12.5 Å². The van der Waals surface area contributed by atoms with Gasteiger partial charge in [-0.05, 0) is 143 Å². The molecule has 1 heterocycles. The van der Waals surface area contributed by atoms with Gasteiger partial charge in [0.1, 0.15) is 11.5 Å². The molecule has 1 aliphatic heterocycles. The van der Waals surface area contributed by atoms with E-state index in [0.29, 0.717) is 0 Å². The predicted octanol–water partition coefficient (Wildman–Crippen LogP) is 15.0. The van der Waals surface area contributed by atoms with Crippen molar-refractivity contribution < 1.29 is 4.74 Å². The molecule has 12 rings (SSSR count). The van der Waals surface area contributed by atoms with Gasteiger partial charge in [-0.2, -0.15) is 0 Å². The summed E-state index contributed by atoms with van der Waals surface area (Å²) in [6.45, 7) is 9.17. The first-order chi connectivity index (χ1) is 31.9. The third-order valence-electron chi connectivity index (χ3n) is 13.9. The summed E-state index contributed by atoms with van der Waals surface area (Å²) in [5, 5.41) is 9.78. The lowest BCUT2D eigenvalue weighted by Crippen LogP contribution is -2.55. The second-order valence-corrected chi connectivity index (χ2v) is 17.8. The first kappa shape index (κ1) is 38.8. The Morgan fingerprint density at radius 3 is 1.58 bits per heavy atom. The fourth-order valence-corrected chi connectivity index (χ4v) is 10.9. The highest BCUT2D eigenvalue weighted by Crippen LogP contribution is 2.52. The van der Waals surface area contributed by atoms with E-state index in [-0.39, 0.29) is 6.71 Å². The highest BCUT2D eigenvalue weighted by Gasteiger charge is 2.29. The fraction of sp³-hybridized carbons (Fsp3) is 0.0645. The molecule has 0 N–H and O–H groups in total. The van der Waals surface area contributed by atoms with Gasteiger partial charge in [-0.15, -0.1) is 0 Å². The second-order valence-electron chi connectivity index (χ2n) is 17.8. The summed E-state index contributed by atoms with van der Waals surface area (Å²) < 4.78 is 6.89. The minimum atomic E-state index is 0.136. The zero-order chi connectivity index (χ0) is 43.8. The molecule has 0 atom stereocenters. The van der Waals surface area contributed by atoms with Crippen LogP contribution in [0.25, 0.3) is 65.3 Å². The van der Waals surface area contributed by atoms with Gasteiger partial charge in [0.05, 0.1) is 0 Å². The van der Waals surface area contributed by atoms with Crippen molar-refractivity contribution in [3.63, 3.8) is 0 Å². The highest BCUT2D eigenvalue weighted by atomic mass is 16.5. The zero-order valence-electron chi connectivity index (χ0n) is 37.1. The SMILES string of the molecule is Cc1cccc(C)c1B(c1ccc2cc(-c3cc4c5cccc6c5c(cc4c4ccccc34)-c3ccc(N(c4ccccc4)c4ccccc4)cc3O6)ccc2c1)c1c(C)cccc1C. The van der Waals surface area contributed by atoms with Crippen LogP contribution in [-0.4, -0.2) is 6.71 Å². The van der Waals surface area contributed by atoms with E-state index in [0.717, 1.165) is 39.5 Å². The first-order valence-electron chi connectivity index (χ1n) is 22.7. The molecule has 0 aromatic heterocycles. The Bertz CT molecular complexity index is 3560. The quantitative estimate of drug-likeness (QED) is 0.117. The average Bonchev–Trinajstić information content (AvgIpc) is 3.33. The summed E-state index contributed by atoms with van der Waals surface area (Å²) in [5.74, 6) is 1.74. The number of aryl methyl sites for hydroxylation is 4. The van der Waals surface area contributed by atoms with Crippen molar-refractivity contribution in [2.24, 2.45) is 0 Å². The fourth-order valence-electron chi connectivity index (χ4n) is 10.9. The molecule has 0 saturated carbocycles. The van der Waals surface area contributed by atoms with Gasteiger partial charge in [-0.1, -0.05) is 178 Å². The van der Waals surface area contributed by atoms with Gasteiger partial charge in [-0.25, -0.2) is 0 Å². The van der Waals surface area contributed by atoms with Gasteiger partial charge >= 0.3 is 0 Å². The molecule has 0 fully saturated rings. The Morgan fingerprint density at radius 2 is 0.908 bits per heavy atom. The minimum absolute atomic E-state index is 0.136. The summed E-state index contributed by atoms with van der Waals surface area (Å²) in [5.41, 5.74) is 17.4. The van der Waals surface area contributed by atoms with Crippen LogP contribution in [0.4, 0.5) is 17.1 Å². The maximum absolute atomic E-state index is 6.89. The van der Waals surface area contributed by atoms with E-state index in [1.54, 1.807) is 0 Å². The molecular weight excluding hydrogens is 785 g/mol. The monoisotopic (exact) mass is 831 g/mol. The van der Waals surface area contributed by atoms with Crippen molar-refractivity contribution in [1.29, 1.82) is 0 Å². The standard InChI is InChI=1S/C62H46BNO/c1-39-16-13-17-40(2)61(39)63(62-41(3)18-14-19-42(62)4)46-31-30-43-34-45(29-28-44(43)35-46)54-37-56-53-26-15-27-58-60(53)57(38-55(56)51-25-12-11-24-50(51)54)52-33-32-49(36-59(52)65-58)64(47-20-7-5-8-21-47)48-22-9-6-10-23-48/h5-38H,1-4H3. The summed E-state index contributed by atoms with van der Waals surface area (Å²) in [6.07, 6.45) is 0. The molecule has 3 heteroatoms. The lowest BCUT2D eigenvalue weighted by molar-refractivity contribution is 0.487. The Morgan fingerprint density at radius 1 is 0.354 bits per heavy atom. The molecule has 0 bridgehead atoms. The summed E-state index contributed by atoms with van der Waals surface area (Å²) >= 11 is 0. The largest absolute Gasteiger partial charge is 0.456 e. The molecule has 11 aromatic carbocycles. The first-order valence-corrected chi connectivity index (χ1v) is 22.7. The molecule has 0 saturated heterocycles. The van der Waals surface area contributed by atoms with Crippen molar-refractivity contribution in [3.8, 4) is 33.8 Å². The van der Waals surface area contributed by atoms with E-state index in [1.807, 2.05) is 0 Å². The maximum atomic E-state index is 6.89. The number of para-hydroxylation sites is 2. The molecule has 0 aliphatic carbocycles. The third kappa shape index (κ3) is 6.41. The van der Waals surface area contributed by atoms with Crippen LogP contribution in [0.1, 0.15) is 22.3 Å². The van der Waals surface area contributed by atoms with Crippen LogP contribution in [0, 0.1) is 27.7 Å². The molecule has 0 radical (unpaired) electrons. The van der Waals surface area contributed by atoms with Crippen LogP contribution in [0.5, 0.6) is 11.5 Å². The number of hydrogen-bond acceptors (Lipinski definition) is 2. The van der Waals surface area contributed by atoms with Crippen LogP contribution in [0.3, 0.4) is 0 Å². The zero-order valence-corrected chi connectivity index (χ0v) is 37.1. The number of ether oxygens (including phenoxy) is 1. The second kappa shape index (κ2) is 15.4. The number of hydrogen-bond donors (Lipinski definition) is 0. The van der Waals surface area contributed by atoms with Crippen molar-refractivity contribution in [1.82, 2.24) is 0 Å². The lowest BCUT2D eigenvalue weighted by Gasteiger charge is -2.28. The van der Waals surface area contributed by atoms with Gasteiger partial charge in [-0.3, -0.25) is 0 Å². The molecule has 65 heavy (non-hydrogen) atoms. The third-order valence-corrected chi connectivity index (χ3v) is 13.9. The molecule has 0 amide bonds. The van der Waals surface area contributed by atoms with Gasteiger partial charge in [0.15, 0.2) is 0 Å². The molecular formula is C62H46BNO. The average molecular weight is 832 g/mol. The smallest absolute Gasteiger partial charge is 0.242 e. The van der Waals surface area contributed by atoms with Crippen molar-refractivity contribution >= 4 is 83.3 Å². The normalized spacial score (nSPS) is 11.8. The highest BCUT2D eigenvalue weighted by molar-refractivity contribution is 6.96. The number of rotatable bonds is 7. The Hall–Kier alpha value is -7.88. The van der Waals surface area contributed by atoms with E-state index in [4.69, 9.17) is 4.74 Å². The Labute approximate surface area is 381 Å². The van der Waals surface area contributed by atoms with E-state index in [1.165, 1.54) is 93.0 Å². The van der Waals surface area contributed by atoms with Gasteiger partial charge < -0.3 is 9.64 Å². The molecule has 1 aliphatic rings. The van der Waals surface area contributed by atoms with Gasteiger partial charge in [0.25, 0.3) is 0 Å². The van der Waals surface area contributed by atoms with E-state index in [9.17, 15) is 0 Å². The number of anilines is 3. The Balaban J connectivity index is 0.991. The number of fused-ring (bicyclic) bond motifs is 7. The molecule has 308 valence electrons. The van der Waals surface area contributed by atoms with E-state index < -0.39 is 0 Å². The van der Waals surface area contributed by atoms with Crippen molar-refractivity contribution in [2.45, 2.75) is 27.7 Å². The van der Waals surface area contributed by atoms with Crippen LogP contribution >= 0.6 is 0 Å². The molecule has 11 aromatic rings. The Kier molecular flexibility index (Phi) is 9.21. The lowest BCUT2D eigenvalue weighted by atomic mass is 9.34. The molecule has 0 unspecified atom stereocenters. The van der Waals surface area contributed by atoms with E-state index in [2.05, 4.69) is 239 Å². The van der Waals surface area contributed by atoms with Crippen molar-refractivity contribution in [3.05, 3.63) is 229 Å². The summed E-state index contributed by atoms with van der Waals surface area (Å²) in [6, 6.07) is 75.6. The van der Waals surface area contributed by atoms with Crippen molar-refractivity contribution in [2.75, 3.05) is 4.90 Å². The number of benzene rings is 11. The van der Waals surface area contributed by atoms with Gasteiger partial charge in [0.2, 0.25) is 6.71 Å².